The minimum atomic E-state index is -0.861. The third kappa shape index (κ3) is 5.35. The number of carbonyl (C=O) groups is 1. The fourth-order valence-electron chi connectivity index (χ4n) is 3.15. The van der Waals surface area contributed by atoms with Crippen LogP contribution < -0.4 is 4.74 Å². The second-order valence-electron chi connectivity index (χ2n) is 7.39. The van der Waals surface area contributed by atoms with E-state index in [1.807, 2.05) is 41.1 Å². The molecular weight excluding hydrogens is 366 g/mol. The van der Waals surface area contributed by atoms with Gasteiger partial charge < -0.3 is 9.84 Å². The average Bonchev–Trinajstić information content (AvgIpc) is 3.08. The number of hydrogen-bond acceptors (Lipinski definition) is 4. The highest BCUT2D eigenvalue weighted by atomic mass is 16.5. The molecule has 0 aliphatic carbocycles. The van der Waals surface area contributed by atoms with Gasteiger partial charge in [0.2, 0.25) is 0 Å². The monoisotopic (exact) mass is 391 g/mol. The van der Waals surface area contributed by atoms with Crippen LogP contribution >= 0.6 is 0 Å². The molecule has 1 atom stereocenters. The van der Waals surface area contributed by atoms with Crippen LogP contribution in [0, 0.1) is 17.8 Å². The molecule has 2 aromatic carbocycles. The van der Waals surface area contributed by atoms with Crippen LogP contribution in [0.5, 0.6) is 5.75 Å². The molecule has 0 aliphatic heterocycles. The number of nitrogens with zero attached hydrogens (tertiary/aromatic N) is 3. The number of fused-ring (bicyclic) bond motifs is 1. The molecule has 6 nitrogen and oxygen atoms in total. The Morgan fingerprint density at radius 3 is 2.62 bits per heavy atom. The molecule has 0 saturated heterocycles. The molecule has 0 radical (unpaired) electrons. The maximum atomic E-state index is 11.0. The van der Waals surface area contributed by atoms with Crippen molar-refractivity contribution < 1.29 is 14.6 Å². The second-order valence-corrected chi connectivity index (χ2v) is 7.39. The average molecular weight is 391 g/mol. The van der Waals surface area contributed by atoms with Crippen LogP contribution in [0.3, 0.4) is 0 Å². The van der Waals surface area contributed by atoms with Crippen LogP contribution in [0.25, 0.3) is 11.0 Å². The summed E-state index contributed by atoms with van der Waals surface area (Å²) in [6, 6.07) is 13.5. The lowest BCUT2D eigenvalue weighted by Gasteiger charge is -2.11. The Bertz CT molecular complexity index is 1040. The van der Waals surface area contributed by atoms with E-state index in [2.05, 4.69) is 42.1 Å². The first kappa shape index (κ1) is 20.4. The normalized spacial score (nSPS) is 11.9. The highest BCUT2D eigenvalue weighted by Gasteiger charge is 2.13. The number of aromatic nitrogens is 3. The largest absolute Gasteiger partial charge is 0.489 e. The third-order valence-corrected chi connectivity index (χ3v) is 4.50. The van der Waals surface area contributed by atoms with Gasteiger partial charge in [-0.3, -0.25) is 4.79 Å². The van der Waals surface area contributed by atoms with Crippen molar-refractivity contribution >= 4 is 17.0 Å². The second kappa shape index (κ2) is 9.24. The molecule has 29 heavy (non-hydrogen) atoms. The zero-order valence-electron chi connectivity index (χ0n) is 16.9. The van der Waals surface area contributed by atoms with Crippen molar-refractivity contribution in [3.63, 3.8) is 0 Å². The fraction of sp³-hybridized carbons (Fsp3) is 0.348. The highest BCUT2D eigenvalue weighted by Crippen LogP contribution is 2.23. The van der Waals surface area contributed by atoms with Gasteiger partial charge in [-0.25, -0.2) is 4.68 Å². The first-order chi connectivity index (χ1) is 14.0. The van der Waals surface area contributed by atoms with Crippen molar-refractivity contribution in [3.8, 4) is 17.6 Å². The van der Waals surface area contributed by atoms with Crippen molar-refractivity contribution in [3.05, 3.63) is 53.6 Å². The Kier molecular flexibility index (Phi) is 6.50. The molecule has 0 fully saturated rings. The SMILES string of the molecule is CC#C[C@@H](CC(=O)O)c1ccc(OCc2ccc3nnn(CC(C)C)c3c2)cc1. The van der Waals surface area contributed by atoms with Crippen LogP contribution in [-0.2, 0) is 17.9 Å². The van der Waals surface area contributed by atoms with Crippen LogP contribution in [-0.4, -0.2) is 26.1 Å². The van der Waals surface area contributed by atoms with E-state index >= 15 is 0 Å². The van der Waals surface area contributed by atoms with Gasteiger partial charge in [0.25, 0.3) is 0 Å². The van der Waals surface area contributed by atoms with Crippen molar-refractivity contribution in [2.45, 2.75) is 46.3 Å². The predicted molar refractivity (Wildman–Crippen MR) is 112 cm³/mol. The Morgan fingerprint density at radius 1 is 1.21 bits per heavy atom. The van der Waals surface area contributed by atoms with Crippen LogP contribution in [0.4, 0.5) is 0 Å². The van der Waals surface area contributed by atoms with Crippen molar-refractivity contribution in [1.29, 1.82) is 0 Å². The lowest BCUT2D eigenvalue weighted by molar-refractivity contribution is -0.137. The molecule has 0 saturated carbocycles. The Hall–Kier alpha value is -3.33. The summed E-state index contributed by atoms with van der Waals surface area (Å²) in [7, 11) is 0. The number of carboxylic acids is 1. The number of hydrogen-bond donors (Lipinski definition) is 1. The number of rotatable bonds is 8. The highest BCUT2D eigenvalue weighted by molar-refractivity contribution is 5.75. The molecule has 3 rings (SSSR count). The fourth-order valence-corrected chi connectivity index (χ4v) is 3.15. The van der Waals surface area contributed by atoms with E-state index in [0.29, 0.717) is 12.5 Å². The Labute approximate surface area is 170 Å². The minimum absolute atomic E-state index is 0.0147. The van der Waals surface area contributed by atoms with E-state index in [0.717, 1.165) is 34.5 Å². The molecule has 1 heterocycles. The van der Waals surface area contributed by atoms with Gasteiger partial charge in [-0.2, -0.15) is 0 Å². The van der Waals surface area contributed by atoms with E-state index in [1.165, 1.54) is 0 Å². The summed E-state index contributed by atoms with van der Waals surface area (Å²) in [5.41, 5.74) is 3.79. The van der Waals surface area contributed by atoms with E-state index in [9.17, 15) is 4.79 Å². The summed E-state index contributed by atoms with van der Waals surface area (Å²) in [5.74, 6) is 5.79. The standard InChI is InChI=1S/C23H25N3O3/c1-4-5-19(13-23(27)28)18-7-9-20(10-8-18)29-15-17-6-11-21-22(12-17)26(25-24-21)14-16(2)3/h6-12,16,19H,13-15H2,1-3H3,(H,27,28)/t19-/m0/s1. The molecule has 6 heteroatoms. The van der Waals surface area contributed by atoms with Gasteiger partial charge in [0.15, 0.2) is 0 Å². The topological polar surface area (TPSA) is 77.2 Å². The van der Waals surface area contributed by atoms with Crippen LogP contribution in [0.15, 0.2) is 42.5 Å². The third-order valence-electron chi connectivity index (χ3n) is 4.50. The summed E-state index contributed by atoms with van der Waals surface area (Å²) in [5, 5.41) is 17.5. The molecule has 1 N–H and O–H groups in total. The van der Waals surface area contributed by atoms with E-state index in [-0.39, 0.29) is 12.3 Å². The summed E-state index contributed by atoms with van der Waals surface area (Å²) in [6.45, 7) is 7.26. The maximum Gasteiger partial charge on any atom is 0.304 e. The molecular formula is C23H25N3O3. The molecule has 3 aromatic rings. The van der Waals surface area contributed by atoms with Crippen molar-refractivity contribution in [1.82, 2.24) is 15.0 Å². The molecule has 0 aliphatic rings. The summed E-state index contributed by atoms with van der Waals surface area (Å²) >= 11 is 0. The quantitative estimate of drug-likeness (QED) is 0.581. The zero-order valence-corrected chi connectivity index (χ0v) is 16.9. The Balaban J connectivity index is 1.69. The van der Waals surface area contributed by atoms with E-state index < -0.39 is 5.97 Å². The van der Waals surface area contributed by atoms with E-state index in [1.54, 1.807) is 6.92 Å². The molecule has 0 amide bonds. The lowest BCUT2D eigenvalue weighted by Crippen LogP contribution is -2.06. The summed E-state index contributed by atoms with van der Waals surface area (Å²) in [4.78, 5) is 11.0. The summed E-state index contributed by atoms with van der Waals surface area (Å²) < 4.78 is 7.84. The number of aliphatic carboxylic acids is 1. The number of benzene rings is 2. The minimum Gasteiger partial charge on any atom is -0.489 e. The van der Waals surface area contributed by atoms with E-state index in [4.69, 9.17) is 9.84 Å². The van der Waals surface area contributed by atoms with Crippen LogP contribution in [0.2, 0.25) is 0 Å². The number of ether oxygens (including phenoxy) is 1. The smallest absolute Gasteiger partial charge is 0.304 e. The Morgan fingerprint density at radius 2 is 1.97 bits per heavy atom. The van der Waals surface area contributed by atoms with Crippen LogP contribution in [0.1, 0.15) is 44.2 Å². The van der Waals surface area contributed by atoms with Gasteiger partial charge in [-0.05, 0) is 48.2 Å². The first-order valence-corrected chi connectivity index (χ1v) is 9.65. The van der Waals surface area contributed by atoms with Gasteiger partial charge in [0.1, 0.15) is 17.9 Å². The predicted octanol–water partition coefficient (Wildman–Crippen LogP) is 4.25. The van der Waals surface area contributed by atoms with Gasteiger partial charge in [0, 0.05) is 6.54 Å². The molecule has 1 aromatic heterocycles. The van der Waals surface area contributed by atoms with Gasteiger partial charge in [-0.1, -0.05) is 43.2 Å². The van der Waals surface area contributed by atoms with Gasteiger partial charge in [-0.15, -0.1) is 11.0 Å². The maximum absolute atomic E-state index is 11.0. The zero-order chi connectivity index (χ0) is 20.8. The first-order valence-electron chi connectivity index (χ1n) is 9.65. The summed E-state index contributed by atoms with van der Waals surface area (Å²) in [6.07, 6.45) is -0.0147. The van der Waals surface area contributed by atoms with Crippen molar-refractivity contribution in [2.24, 2.45) is 5.92 Å². The molecule has 150 valence electrons. The van der Waals surface area contributed by atoms with Gasteiger partial charge in [0.05, 0.1) is 17.9 Å². The van der Waals surface area contributed by atoms with Crippen molar-refractivity contribution in [2.75, 3.05) is 0 Å². The van der Waals surface area contributed by atoms with Gasteiger partial charge >= 0.3 is 5.97 Å². The number of carboxylic acid groups (broad SMARTS) is 1. The molecule has 0 bridgehead atoms. The molecule has 0 spiro atoms. The molecule has 0 unspecified atom stereocenters. The lowest BCUT2D eigenvalue weighted by atomic mass is 9.96.